The lowest BCUT2D eigenvalue weighted by atomic mass is 10.0. The van der Waals surface area contributed by atoms with Crippen LogP contribution in [-0.2, 0) is 16.3 Å². The number of carbonyl (C=O) groups is 1. The average molecular weight is 501 g/mol. The number of hydrogen-bond donors (Lipinski definition) is 2. The molecule has 1 amide bonds. The lowest BCUT2D eigenvalue weighted by molar-refractivity contribution is 0.189. The van der Waals surface area contributed by atoms with E-state index in [1.165, 1.54) is 13.8 Å². The van der Waals surface area contributed by atoms with Gasteiger partial charge in [0.15, 0.2) is 9.84 Å². The second-order valence-electron chi connectivity index (χ2n) is 7.08. The molecule has 0 spiro atoms. The first kappa shape index (κ1) is 23.8. The Morgan fingerprint density at radius 3 is 2.40 bits per heavy atom. The molecule has 6 nitrogen and oxygen atoms in total. The van der Waals surface area contributed by atoms with Gasteiger partial charge in [-0.3, -0.25) is 0 Å². The second-order valence-corrected chi connectivity index (χ2v) is 10.5. The van der Waals surface area contributed by atoms with Crippen molar-refractivity contribution in [2.75, 3.05) is 6.26 Å². The van der Waals surface area contributed by atoms with Crippen molar-refractivity contribution in [2.24, 2.45) is 0 Å². The van der Waals surface area contributed by atoms with E-state index in [0.29, 0.717) is 4.47 Å². The number of nitrogens with one attached hydrogen (secondary N) is 1. The third-order valence-electron chi connectivity index (χ3n) is 4.28. The molecule has 1 unspecified atom stereocenters. The number of amides is 1. The molecule has 2 rings (SSSR count). The molecule has 160 valence electrons. The van der Waals surface area contributed by atoms with Crippen molar-refractivity contribution in [3.8, 4) is 11.8 Å². The highest BCUT2D eigenvalue weighted by atomic mass is 79.9. The smallest absolute Gasteiger partial charge is 0.405 e. The molecular weight excluding hydrogens is 482 g/mol. The van der Waals surface area contributed by atoms with Gasteiger partial charge in [-0.05, 0) is 71.9 Å². The molecule has 0 aliphatic heterocycles. The second kappa shape index (κ2) is 9.10. The molecule has 2 N–H and O–H groups in total. The highest BCUT2D eigenvalue weighted by Crippen LogP contribution is 2.26. The number of hydrogen-bond acceptors (Lipinski definition) is 4. The maximum absolute atomic E-state index is 13.5. The van der Waals surface area contributed by atoms with E-state index in [-0.39, 0.29) is 23.4 Å². The minimum Gasteiger partial charge on any atom is -0.465 e. The van der Waals surface area contributed by atoms with Crippen molar-refractivity contribution in [3.05, 3.63) is 63.4 Å². The van der Waals surface area contributed by atoms with Gasteiger partial charge in [0.25, 0.3) is 0 Å². The average Bonchev–Trinajstić information content (AvgIpc) is 2.58. The summed E-state index contributed by atoms with van der Waals surface area (Å²) in [7, 11) is -3.44. The van der Waals surface area contributed by atoms with Gasteiger partial charge >= 0.3 is 6.09 Å². The molecule has 0 radical (unpaired) electrons. The van der Waals surface area contributed by atoms with Crippen LogP contribution >= 0.6 is 15.9 Å². The van der Waals surface area contributed by atoms with Gasteiger partial charge in [-0.2, -0.15) is 0 Å². The van der Waals surface area contributed by atoms with Crippen molar-refractivity contribution in [2.45, 2.75) is 31.1 Å². The molecule has 1 aromatic carbocycles. The Morgan fingerprint density at radius 1 is 1.27 bits per heavy atom. The Morgan fingerprint density at radius 2 is 1.87 bits per heavy atom. The Balaban J connectivity index is 2.47. The van der Waals surface area contributed by atoms with Crippen LogP contribution in [0.5, 0.6) is 0 Å². The summed E-state index contributed by atoms with van der Waals surface area (Å²) in [6.07, 6.45) is -0.342. The summed E-state index contributed by atoms with van der Waals surface area (Å²) < 4.78 is 49.8. The number of rotatable bonds is 5. The first-order valence-corrected chi connectivity index (χ1v) is 11.3. The monoisotopic (exact) mass is 500 g/mol. The Hall–Kier alpha value is -2.51. The zero-order chi connectivity index (χ0) is 22.7. The molecule has 0 saturated carbocycles. The highest BCUT2D eigenvalue weighted by molar-refractivity contribution is 9.10. The van der Waals surface area contributed by atoms with Crippen LogP contribution in [-0.4, -0.2) is 35.6 Å². The van der Waals surface area contributed by atoms with Crippen LogP contribution in [0.3, 0.4) is 0 Å². The SMILES string of the molecule is CC(C)(C#Cc1ccc(Br)c(C(Cc2cc(F)cc(F)c2)NC(=O)O)n1)S(C)(=O)=O. The summed E-state index contributed by atoms with van der Waals surface area (Å²) in [5.74, 6) is 3.78. The van der Waals surface area contributed by atoms with Gasteiger partial charge in [0.05, 0.1) is 11.7 Å². The summed E-state index contributed by atoms with van der Waals surface area (Å²) in [6, 6.07) is 5.11. The molecule has 0 bridgehead atoms. The lowest BCUT2D eigenvalue weighted by Gasteiger charge is -2.18. The van der Waals surface area contributed by atoms with Crippen molar-refractivity contribution in [1.82, 2.24) is 10.3 Å². The number of carboxylic acid groups (broad SMARTS) is 1. The van der Waals surface area contributed by atoms with E-state index >= 15 is 0 Å². The zero-order valence-corrected chi connectivity index (χ0v) is 18.7. The van der Waals surface area contributed by atoms with Crippen molar-refractivity contribution in [1.29, 1.82) is 0 Å². The lowest BCUT2D eigenvalue weighted by Crippen LogP contribution is -2.30. The van der Waals surface area contributed by atoms with Gasteiger partial charge in [-0.15, -0.1) is 0 Å². The molecule has 10 heteroatoms. The van der Waals surface area contributed by atoms with E-state index in [1.54, 1.807) is 12.1 Å². The summed E-state index contributed by atoms with van der Waals surface area (Å²) in [4.78, 5) is 15.6. The van der Waals surface area contributed by atoms with E-state index < -0.39 is 38.4 Å². The van der Waals surface area contributed by atoms with Gasteiger partial charge < -0.3 is 10.4 Å². The normalized spacial score (nSPS) is 12.6. The molecule has 0 fully saturated rings. The van der Waals surface area contributed by atoms with E-state index in [0.717, 1.165) is 24.5 Å². The molecule has 1 atom stereocenters. The summed E-state index contributed by atoms with van der Waals surface area (Å²) in [5.41, 5.74) is 0.688. The Kier molecular flexibility index (Phi) is 7.21. The van der Waals surface area contributed by atoms with Crippen LogP contribution in [0.2, 0.25) is 0 Å². The standard InChI is InChI=1S/C20H19BrF2N2O4S/c1-20(2,30(3,28)29)7-6-15-4-5-16(21)18(24-15)17(25-19(26)27)10-12-8-13(22)11-14(23)9-12/h4-5,8-9,11,17,25H,10H2,1-3H3,(H,26,27). The fourth-order valence-electron chi connectivity index (χ4n) is 2.41. The third kappa shape index (κ3) is 6.24. The predicted molar refractivity (Wildman–Crippen MR) is 112 cm³/mol. The van der Waals surface area contributed by atoms with Gasteiger partial charge in [0.2, 0.25) is 0 Å². The van der Waals surface area contributed by atoms with Crippen LogP contribution in [0.25, 0.3) is 0 Å². The quantitative estimate of drug-likeness (QED) is 0.607. The minimum atomic E-state index is -3.44. The highest BCUT2D eigenvalue weighted by Gasteiger charge is 2.27. The molecule has 1 aromatic heterocycles. The molecule has 30 heavy (non-hydrogen) atoms. The van der Waals surface area contributed by atoms with Crippen LogP contribution in [0.1, 0.15) is 36.8 Å². The van der Waals surface area contributed by atoms with Crippen LogP contribution in [0.15, 0.2) is 34.8 Å². The van der Waals surface area contributed by atoms with E-state index in [1.807, 2.05) is 0 Å². The molecule has 2 aromatic rings. The maximum atomic E-state index is 13.5. The number of nitrogens with zero attached hydrogens (tertiary/aromatic N) is 1. The molecule has 0 aliphatic rings. The van der Waals surface area contributed by atoms with Crippen LogP contribution in [0, 0.1) is 23.5 Å². The summed E-state index contributed by atoms with van der Waals surface area (Å²) >= 11 is 3.30. The first-order valence-electron chi connectivity index (χ1n) is 8.62. The Bertz CT molecular complexity index is 1120. The maximum Gasteiger partial charge on any atom is 0.405 e. The van der Waals surface area contributed by atoms with Crippen molar-refractivity contribution < 1.29 is 27.1 Å². The molecule has 0 saturated heterocycles. The first-order chi connectivity index (χ1) is 13.8. The largest absolute Gasteiger partial charge is 0.465 e. The van der Waals surface area contributed by atoms with Crippen LogP contribution < -0.4 is 5.32 Å². The fourth-order valence-corrected chi connectivity index (χ4v) is 3.14. The summed E-state index contributed by atoms with van der Waals surface area (Å²) in [6.45, 7) is 2.92. The number of sulfone groups is 1. The van der Waals surface area contributed by atoms with E-state index in [9.17, 15) is 27.1 Å². The van der Waals surface area contributed by atoms with Gasteiger partial charge in [0.1, 0.15) is 22.1 Å². The number of benzene rings is 1. The topological polar surface area (TPSA) is 96.4 Å². The van der Waals surface area contributed by atoms with E-state index in [4.69, 9.17) is 0 Å². The van der Waals surface area contributed by atoms with E-state index in [2.05, 4.69) is 38.1 Å². The summed E-state index contributed by atoms with van der Waals surface area (Å²) in [5, 5.41) is 11.5. The number of halogens is 3. The molecule has 1 heterocycles. The van der Waals surface area contributed by atoms with Gasteiger partial charge in [-0.1, -0.05) is 5.92 Å². The fraction of sp³-hybridized carbons (Fsp3) is 0.300. The van der Waals surface area contributed by atoms with Gasteiger partial charge in [-0.25, -0.2) is 27.0 Å². The molecule has 0 aliphatic carbocycles. The van der Waals surface area contributed by atoms with Gasteiger partial charge in [0, 0.05) is 16.8 Å². The number of pyridine rings is 1. The predicted octanol–water partition coefficient (Wildman–Crippen LogP) is 3.85. The molecular formula is C20H19BrF2N2O4S. The third-order valence-corrected chi connectivity index (χ3v) is 6.91. The minimum absolute atomic E-state index is 0.0711. The van der Waals surface area contributed by atoms with Crippen molar-refractivity contribution in [3.63, 3.8) is 0 Å². The Labute approximate surface area is 181 Å². The van der Waals surface area contributed by atoms with Crippen LogP contribution in [0.4, 0.5) is 13.6 Å². The number of aromatic nitrogens is 1. The van der Waals surface area contributed by atoms with Crippen molar-refractivity contribution >= 4 is 31.9 Å². The zero-order valence-electron chi connectivity index (χ0n) is 16.3.